The van der Waals surface area contributed by atoms with Crippen molar-refractivity contribution in [1.29, 1.82) is 0 Å². The van der Waals surface area contributed by atoms with E-state index in [2.05, 4.69) is 10.3 Å². The minimum atomic E-state index is -0.445. The molecule has 0 saturated carbocycles. The van der Waals surface area contributed by atoms with Crippen molar-refractivity contribution in [1.82, 2.24) is 4.98 Å². The number of ether oxygens (including phenoxy) is 2. The molecule has 1 saturated heterocycles. The van der Waals surface area contributed by atoms with Gasteiger partial charge in [-0.1, -0.05) is 0 Å². The highest BCUT2D eigenvalue weighted by Gasteiger charge is 2.18. The van der Waals surface area contributed by atoms with Crippen molar-refractivity contribution in [2.45, 2.75) is 25.9 Å². The van der Waals surface area contributed by atoms with E-state index in [0.29, 0.717) is 23.7 Å². The Bertz CT molecular complexity index is 698. The maximum Gasteiger partial charge on any atom is 0.275 e. The Labute approximate surface area is 137 Å². The van der Waals surface area contributed by atoms with Gasteiger partial charge in [0.05, 0.1) is 16.8 Å². The van der Waals surface area contributed by atoms with E-state index in [1.165, 1.54) is 29.5 Å². The first-order chi connectivity index (χ1) is 11.1. The molecular weight excluding hydrogens is 319 g/mol. The molecule has 1 atom stereocenters. The Morgan fingerprint density at radius 2 is 2.43 bits per heavy atom. The van der Waals surface area contributed by atoms with E-state index in [1.54, 1.807) is 5.38 Å². The predicted octanol–water partition coefficient (Wildman–Crippen LogP) is 3.40. The number of hydrogen-bond donors (Lipinski definition) is 1. The van der Waals surface area contributed by atoms with Crippen molar-refractivity contribution in [2.75, 3.05) is 18.5 Å². The van der Waals surface area contributed by atoms with Crippen LogP contribution >= 0.6 is 11.3 Å². The number of halogens is 1. The number of carbonyl (C=O) groups is 1. The summed E-state index contributed by atoms with van der Waals surface area (Å²) in [5.74, 6) is -0.414. The molecule has 1 N–H and O–H groups in total. The van der Waals surface area contributed by atoms with Gasteiger partial charge in [0.2, 0.25) is 0 Å². The topological polar surface area (TPSA) is 60.5 Å². The van der Waals surface area contributed by atoms with E-state index in [0.717, 1.165) is 24.5 Å². The lowest BCUT2D eigenvalue weighted by molar-refractivity contribution is 0.0681. The summed E-state index contributed by atoms with van der Waals surface area (Å²) < 4.78 is 24.7. The molecule has 3 rings (SSSR count). The fourth-order valence-electron chi connectivity index (χ4n) is 2.34. The number of nitrogens with one attached hydrogen (secondary N) is 1. The highest BCUT2D eigenvalue weighted by molar-refractivity contribution is 7.09. The fraction of sp³-hybridized carbons (Fsp3) is 0.375. The number of amides is 1. The molecule has 0 spiro atoms. The summed E-state index contributed by atoms with van der Waals surface area (Å²) in [6.07, 6.45) is 2.01. The van der Waals surface area contributed by atoms with E-state index < -0.39 is 5.82 Å². The third-order valence-electron chi connectivity index (χ3n) is 3.49. The summed E-state index contributed by atoms with van der Waals surface area (Å²) in [7, 11) is 0. The van der Waals surface area contributed by atoms with E-state index in [-0.39, 0.29) is 12.0 Å². The molecule has 1 aromatic carbocycles. The summed E-state index contributed by atoms with van der Waals surface area (Å²) in [4.78, 5) is 16.3. The van der Waals surface area contributed by atoms with Crippen LogP contribution in [-0.4, -0.2) is 30.2 Å². The number of carbonyl (C=O) groups excluding carboxylic acids is 1. The SMILES string of the molecule is Cc1nc(C(=O)Nc2cc(F)ccc2OC[C@@H]2CCCO2)cs1. The Morgan fingerprint density at radius 1 is 1.57 bits per heavy atom. The van der Waals surface area contributed by atoms with Crippen molar-refractivity contribution in [3.05, 3.63) is 40.1 Å². The lowest BCUT2D eigenvalue weighted by Crippen LogP contribution is -2.18. The van der Waals surface area contributed by atoms with Gasteiger partial charge in [-0.2, -0.15) is 0 Å². The third-order valence-corrected chi connectivity index (χ3v) is 4.26. The molecule has 2 aromatic rings. The van der Waals surface area contributed by atoms with Crippen LogP contribution in [0.5, 0.6) is 5.75 Å². The van der Waals surface area contributed by atoms with Gasteiger partial charge in [-0.15, -0.1) is 11.3 Å². The quantitative estimate of drug-likeness (QED) is 0.909. The number of hydrogen-bond acceptors (Lipinski definition) is 5. The van der Waals surface area contributed by atoms with E-state index in [1.807, 2.05) is 6.92 Å². The fourth-order valence-corrected chi connectivity index (χ4v) is 2.93. The van der Waals surface area contributed by atoms with Gasteiger partial charge in [0.15, 0.2) is 0 Å². The first-order valence-electron chi connectivity index (χ1n) is 7.39. The van der Waals surface area contributed by atoms with Crippen molar-refractivity contribution in [3.8, 4) is 5.75 Å². The Morgan fingerprint density at radius 3 is 3.13 bits per heavy atom. The van der Waals surface area contributed by atoms with Crippen LogP contribution in [-0.2, 0) is 4.74 Å². The number of aromatic nitrogens is 1. The zero-order chi connectivity index (χ0) is 16.2. The van der Waals surface area contributed by atoms with Crippen molar-refractivity contribution in [2.24, 2.45) is 0 Å². The number of anilines is 1. The van der Waals surface area contributed by atoms with Crippen LogP contribution in [0.1, 0.15) is 28.3 Å². The Balaban J connectivity index is 1.71. The normalized spacial score (nSPS) is 17.2. The second kappa shape index (κ2) is 7.06. The van der Waals surface area contributed by atoms with Gasteiger partial charge in [0.25, 0.3) is 5.91 Å². The van der Waals surface area contributed by atoms with Crippen LogP contribution in [0.15, 0.2) is 23.6 Å². The average molecular weight is 336 g/mol. The molecule has 1 aromatic heterocycles. The summed E-state index contributed by atoms with van der Waals surface area (Å²) in [6.45, 7) is 2.94. The van der Waals surface area contributed by atoms with Crippen LogP contribution in [0.25, 0.3) is 0 Å². The Kier molecular flexibility index (Phi) is 4.88. The highest BCUT2D eigenvalue weighted by Crippen LogP contribution is 2.27. The lowest BCUT2D eigenvalue weighted by atomic mass is 10.2. The maximum atomic E-state index is 13.5. The van der Waals surface area contributed by atoms with E-state index in [4.69, 9.17) is 9.47 Å². The molecule has 0 unspecified atom stereocenters. The minimum Gasteiger partial charge on any atom is -0.489 e. The van der Waals surface area contributed by atoms with Gasteiger partial charge in [0.1, 0.15) is 23.9 Å². The van der Waals surface area contributed by atoms with Gasteiger partial charge in [0, 0.05) is 18.1 Å². The van der Waals surface area contributed by atoms with Crippen LogP contribution < -0.4 is 10.1 Å². The molecule has 0 radical (unpaired) electrons. The second-order valence-corrected chi connectivity index (χ2v) is 6.35. The van der Waals surface area contributed by atoms with Gasteiger partial charge < -0.3 is 14.8 Å². The summed E-state index contributed by atoms with van der Waals surface area (Å²) in [5.41, 5.74) is 0.598. The van der Waals surface area contributed by atoms with Crippen molar-refractivity contribution < 1.29 is 18.7 Å². The first kappa shape index (κ1) is 15.9. The highest BCUT2D eigenvalue weighted by atomic mass is 32.1. The number of benzene rings is 1. The third kappa shape index (κ3) is 4.05. The summed E-state index contributed by atoms with van der Waals surface area (Å²) in [6, 6.07) is 4.04. The van der Waals surface area contributed by atoms with Crippen molar-refractivity contribution >= 4 is 22.9 Å². The van der Waals surface area contributed by atoms with Gasteiger partial charge >= 0.3 is 0 Å². The zero-order valence-corrected chi connectivity index (χ0v) is 13.5. The standard InChI is InChI=1S/C16H17FN2O3S/c1-10-18-14(9-23-10)16(20)19-13-7-11(17)4-5-15(13)22-8-12-3-2-6-21-12/h4-5,7,9,12H,2-3,6,8H2,1H3,(H,19,20)/t12-/m0/s1. The first-order valence-corrected chi connectivity index (χ1v) is 8.27. The molecular formula is C16H17FN2O3S. The number of nitrogens with zero attached hydrogens (tertiary/aromatic N) is 1. The second-order valence-electron chi connectivity index (χ2n) is 5.29. The minimum absolute atomic E-state index is 0.0461. The molecule has 0 aliphatic carbocycles. The predicted molar refractivity (Wildman–Crippen MR) is 85.7 cm³/mol. The largest absolute Gasteiger partial charge is 0.489 e. The molecule has 7 heteroatoms. The maximum absolute atomic E-state index is 13.5. The zero-order valence-electron chi connectivity index (χ0n) is 12.7. The molecule has 1 aliphatic rings. The Hall–Kier alpha value is -1.99. The van der Waals surface area contributed by atoms with Gasteiger partial charge in [-0.05, 0) is 31.9 Å². The molecule has 2 heterocycles. The smallest absolute Gasteiger partial charge is 0.275 e. The van der Waals surface area contributed by atoms with Crippen LogP contribution in [0.4, 0.5) is 10.1 Å². The number of rotatable bonds is 5. The molecule has 23 heavy (non-hydrogen) atoms. The summed E-state index contributed by atoms with van der Waals surface area (Å²) >= 11 is 1.38. The van der Waals surface area contributed by atoms with Gasteiger partial charge in [-0.3, -0.25) is 4.79 Å². The van der Waals surface area contributed by atoms with Crippen LogP contribution in [0.3, 0.4) is 0 Å². The molecule has 122 valence electrons. The lowest BCUT2D eigenvalue weighted by Gasteiger charge is -2.15. The summed E-state index contributed by atoms with van der Waals surface area (Å²) in [5, 5.41) is 5.11. The molecule has 5 nitrogen and oxygen atoms in total. The number of thiazole rings is 1. The van der Waals surface area contributed by atoms with E-state index >= 15 is 0 Å². The molecule has 1 aliphatic heterocycles. The monoisotopic (exact) mass is 336 g/mol. The number of aryl methyl sites for hydroxylation is 1. The van der Waals surface area contributed by atoms with Crippen molar-refractivity contribution in [3.63, 3.8) is 0 Å². The molecule has 1 amide bonds. The van der Waals surface area contributed by atoms with Gasteiger partial charge in [-0.25, -0.2) is 9.37 Å². The average Bonchev–Trinajstić information content (AvgIpc) is 3.18. The van der Waals surface area contributed by atoms with Crippen LogP contribution in [0, 0.1) is 12.7 Å². The van der Waals surface area contributed by atoms with E-state index in [9.17, 15) is 9.18 Å². The molecule has 1 fully saturated rings. The molecule has 0 bridgehead atoms. The van der Waals surface area contributed by atoms with Crippen LogP contribution in [0.2, 0.25) is 0 Å².